The third kappa shape index (κ3) is 3.79. The maximum absolute atomic E-state index is 11.6. The van der Waals surface area contributed by atoms with Crippen LogP contribution in [0.5, 0.6) is 0 Å². The molecule has 0 unspecified atom stereocenters. The van der Waals surface area contributed by atoms with Crippen molar-refractivity contribution >= 4 is 11.8 Å². The van der Waals surface area contributed by atoms with Crippen molar-refractivity contribution in [1.29, 1.82) is 0 Å². The summed E-state index contributed by atoms with van der Waals surface area (Å²) in [5.74, 6) is 0.0307. The Morgan fingerprint density at radius 2 is 1.75 bits per heavy atom. The highest BCUT2D eigenvalue weighted by atomic mass is 16.5. The Bertz CT molecular complexity index is 250. The number of hydrogen-bond donors (Lipinski definition) is 1. The van der Waals surface area contributed by atoms with Gasteiger partial charge in [0, 0.05) is 39.6 Å². The average Bonchev–Trinajstić information content (AvgIpc) is 2.29. The topological polar surface area (TPSA) is 75.9 Å². The number of nitrogens with zero attached hydrogens (tertiary/aromatic N) is 2. The van der Waals surface area contributed by atoms with Gasteiger partial charge in [0.25, 0.3) is 0 Å². The number of hydrogen-bond acceptors (Lipinski definition) is 4. The van der Waals surface area contributed by atoms with E-state index in [1.165, 1.54) is 0 Å². The number of carbonyl (C=O) groups is 2. The third-order valence-electron chi connectivity index (χ3n) is 2.57. The first-order valence-corrected chi connectivity index (χ1v) is 5.46. The van der Waals surface area contributed by atoms with Crippen molar-refractivity contribution < 1.29 is 14.3 Å². The van der Waals surface area contributed by atoms with E-state index in [9.17, 15) is 9.59 Å². The first-order chi connectivity index (χ1) is 7.65. The minimum absolute atomic E-state index is 0.0309. The third-order valence-corrected chi connectivity index (χ3v) is 2.57. The molecule has 0 bridgehead atoms. The van der Waals surface area contributed by atoms with Crippen LogP contribution in [0, 0.1) is 0 Å². The molecule has 0 aliphatic carbocycles. The molecule has 0 aromatic heterocycles. The van der Waals surface area contributed by atoms with Crippen molar-refractivity contribution in [3.8, 4) is 0 Å². The molecule has 16 heavy (non-hydrogen) atoms. The summed E-state index contributed by atoms with van der Waals surface area (Å²) in [5.41, 5.74) is 5.25. The summed E-state index contributed by atoms with van der Waals surface area (Å²) in [4.78, 5) is 26.1. The van der Waals surface area contributed by atoms with E-state index in [1.54, 1.807) is 16.7 Å². The maximum Gasteiger partial charge on any atom is 0.248 e. The summed E-state index contributed by atoms with van der Waals surface area (Å²) < 4.78 is 5.08. The number of amides is 2. The Kier molecular flexibility index (Phi) is 5.21. The molecule has 1 aliphatic rings. The number of ether oxygens (including phenoxy) is 1. The number of nitrogens with two attached hydrogens (primary N) is 1. The normalized spacial score (nSPS) is 16.4. The molecule has 0 radical (unpaired) electrons. The van der Waals surface area contributed by atoms with Crippen LogP contribution in [0.4, 0.5) is 0 Å². The fourth-order valence-electron chi connectivity index (χ4n) is 1.60. The molecular formula is C10H19N3O3. The van der Waals surface area contributed by atoms with Crippen LogP contribution in [0.2, 0.25) is 0 Å². The van der Waals surface area contributed by atoms with Gasteiger partial charge in [0.1, 0.15) is 6.61 Å². The molecule has 1 fully saturated rings. The van der Waals surface area contributed by atoms with Gasteiger partial charge in [0.2, 0.25) is 11.8 Å². The summed E-state index contributed by atoms with van der Waals surface area (Å²) in [6.45, 7) is 4.84. The van der Waals surface area contributed by atoms with Gasteiger partial charge in [-0.2, -0.15) is 0 Å². The van der Waals surface area contributed by atoms with Crippen molar-refractivity contribution in [3.63, 3.8) is 0 Å². The van der Waals surface area contributed by atoms with Crippen LogP contribution in [0.3, 0.4) is 0 Å². The lowest BCUT2D eigenvalue weighted by Crippen LogP contribution is -2.50. The SMILES string of the molecule is CC(=O)N1CCN(C(=O)COCCN)CC1. The second-order valence-corrected chi connectivity index (χ2v) is 3.73. The molecule has 0 saturated carbocycles. The fraction of sp³-hybridized carbons (Fsp3) is 0.800. The van der Waals surface area contributed by atoms with Crippen LogP contribution >= 0.6 is 0 Å². The van der Waals surface area contributed by atoms with Gasteiger partial charge in [0.15, 0.2) is 0 Å². The molecule has 0 spiro atoms. The van der Waals surface area contributed by atoms with Gasteiger partial charge in [-0.3, -0.25) is 9.59 Å². The van der Waals surface area contributed by atoms with Gasteiger partial charge < -0.3 is 20.3 Å². The molecule has 1 saturated heterocycles. The maximum atomic E-state index is 11.6. The van der Waals surface area contributed by atoms with E-state index in [0.717, 1.165) is 0 Å². The first-order valence-electron chi connectivity index (χ1n) is 5.46. The van der Waals surface area contributed by atoms with E-state index in [0.29, 0.717) is 39.3 Å². The second kappa shape index (κ2) is 6.44. The monoisotopic (exact) mass is 229 g/mol. The van der Waals surface area contributed by atoms with Crippen LogP contribution in [-0.2, 0) is 14.3 Å². The van der Waals surface area contributed by atoms with E-state index in [1.807, 2.05) is 0 Å². The lowest BCUT2D eigenvalue weighted by Gasteiger charge is -2.34. The Hall–Kier alpha value is -1.14. The fourth-order valence-corrected chi connectivity index (χ4v) is 1.60. The van der Waals surface area contributed by atoms with Gasteiger partial charge in [-0.15, -0.1) is 0 Å². The molecule has 6 nitrogen and oxygen atoms in total. The molecule has 0 aromatic carbocycles. The second-order valence-electron chi connectivity index (χ2n) is 3.73. The van der Waals surface area contributed by atoms with Crippen molar-refractivity contribution in [2.24, 2.45) is 5.73 Å². The van der Waals surface area contributed by atoms with E-state index in [-0.39, 0.29) is 18.4 Å². The lowest BCUT2D eigenvalue weighted by atomic mass is 10.3. The van der Waals surface area contributed by atoms with Crippen LogP contribution in [-0.4, -0.2) is 67.6 Å². The molecule has 92 valence electrons. The summed E-state index contributed by atoms with van der Waals surface area (Å²) in [7, 11) is 0. The van der Waals surface area contributed by atoms with Crippen molar-refractivity contribution in [2.75, 3.05) is 45.9 Å². The quantitative estimate of drug-likeness (QED) is 0.605. The van der Waals surface area contributed by atoms with Crippen molar-refractivity contribution in [3.05, 3.63) is 0 Å². The Morgan fingerprint density at radius 3 is 2.25 bits per heavy atom. The summed E-state index contributed by atoms with van der Waals surface area (Å²) in [6, 6.07) is 0. The summed E-state index contributed by atoms with van der Waals surface area (Å²) in [5, 5.41) is 0. The molecule has 1 aliphatic heterocycles. The van der Waals surface area contributed by atoms with Gasteiger partial charge in [-0.05, 0) is 0 Å². The molecule has 0 aromatic rings. The largest absolute Gasteiger partial charge is 0.370 e. The van der Waals surface area contributed by atoms with Gasteiger partial charge in [0.05, 0.1) is 6.61 Å². The first kappa shape index (κ1) is 12.9. The van der Waals surface area contributed by atoms with E-state index >= 15 is 0 Å². The summed E-state index contributed by atoms with van der Waals surface area (Å²) in [6.07, 6.45) is 0. The van der Waals surface area contributed by atoms with Crippen LogP contribution in [0.1, 0.15) is 6.92 Å². The predicted octanol–water partition coefficient (Wildman–Crippen LogP) is -1.35. The zero-order chi connectivity index (χ0) is 12.0. The molecule has 2 N–H and O–H groups in total. The number of rotatable bonds is 4. The standard InChI is InChI=1S/C10H19N3O3/c1-9(14)12-3-5-13(6-4-12)10(15)8-16-7-2-11/h2-8,11H2,1H3. The zero-order valence-corrected chi connectivity index (χ0v) is 9.65. The van der Waals surface area contributed by atoms with Gasteiger partial charge >= 0.3 is 0 Å². The Balaban J connectivity index is 2.25. The molecule has 2 amide bonds. The highest BCUT2D eigenvalue weighted by Gasteiger charge is 2.21. The van der Waals surface area contributed by atoms with E-state index in [2.05, 4.69) is 0 Å². The lowest BCUT2D eigenvalue weighted by molar-refractivity contribution is -0.141. The minimum Gasteiger partial charge on any atom is -0.370 e. The molecule has 1 rings (SSSR count). The molecular weight excluding hydrogens is 210 g/mol. The Labute approximate surface area is 95.3 Å². The van der Waals surface area contributed by atoms with E-state index in [4.69, 9.17) is 10.5 Å². The van der Waals surface area contributed by atoms with Crippen LogP contribution in [0.25, 0.3) is 0 Å². The van der Waals surface area contributed by atoms with Crippen LogP contribution < -0.4 is 5.73 Å². The minimum atomic E-state index is -0.0309. The Morgan fingerprint density at radius 1 is 1.19 bits per heavy atom. The van der Waals surface area contributed by atoms with Gasteiger partial charge in [-0.1, -0.05) is 0 Å². The highest BCUT2D eigenvalue weighted by Crippen LogP contribution is 2.02. The smallest absolute Gasteiger partial charge is 0.248 e. The summed E-state index contributed by atoms with van der Waals surface area (Å²) >= 11 is 0. The molecule has 6 heteroatoms. The number of piperazine rings is 1. The predicted molar refractivity (Wildman–Crippen MR) is 58.7 cm³/mol. The zero-order valence-electron chi connectivity index (χ0n) is 9.65. The van der Waals surface area contributed by atoms with Crippen molar-refractivity contribution in [1.82, 2.24) is 9.80 Å². The highest BCUT2D eigenvalue weighted by molar-refractivity contribution is 5.78. The van der Waals surface area contributed by atoms with Gasteiger partial charge in [-0.25, -0.2) is 0 Å². The molecule has 0 atom stereocenters. The van der Waals surface area contributed by atoms with Crippen LogP contribution in [0.15, 0.2) is 0 Å². The average molecular weight is 229 g/mol. The molecule has 1 heterocycles. The number of carbonyl (C=O) groups excluding carboxylic acids is 2. The van der Waals surface area contributed by atoms with E-state index < -0.39 is 0 Å². The van der Waals surface area contributed by atoms with Crippen molar-refractivity contribution in [2.45, 2.75) is 6.92 Å².